The van der Waals surface area contributed by atoms with Gasteiger partial charge in [-0.2, -0.15) is 0 Å². The van der Waals surface area contributed by atoms with E-state index in [2.05, 4.69) is 10.3 Å². The van der Waals surface area contributed by atoms with Crippen LogP contribution in [0, 0.1) is 10.9 Å². The van der Waals surface area contributed by atoms with E-state index in [0.29, 0.717) is 27.5 Å². The summed E-state index contributed by atoms with van der Waals surface area (Å²) in [7, 11) is 1.78. The Morgan fingerprint density at radius 1 is 1.16 bits per heavy atom. The fourth-order valence-corrected chi connectivity index (χ4v) is 5.62. The molecule has 0 radical (unpaired) electrons. The summed E-state index contributed by atoms with van der Waals surface area (Å²) in [5, 5.41) is 13.6. The van der Waals surface area contributed by atoms with Crippen LogP contribution in [0.25, 0.3) is 17.3 Å². The molecule has 2 aromatic carbocycles. The maximum Gasteiger partial charge on any atom is 0.295 e. The van der Waals surface area contributed by atoms with Crippen LogP contribution in [0.5, 0.6) is 5.88 Å². The number of hydrogen-bond donors (Lipinski definition) is 2. The maximum atomic E-state index is 13.0. The van der Waals surface area contributed by atoms with Gasteiger partial charge in [-0.05, 0) is 49.8 Å². The van der Waals surface area contributed by atoms with Gasteiger partial charge in [-0.1, -0.05) is 36.4 Å². The van der Waals surface area contributed by atoms with Crippen molar-refractivity contribution in [2.45, 2.75) is 26.3 Å². The Kier molecular flexibility index (Phi) is 6.77. The van der Waals surface area contributed by atoms with E-state index in [1.165, 1.54) is 16.0 Å². The van der Waals surface area contributed by atoms with E-state index in [9.17, 15) is 14.7 Å². The largest absolute Gasteiger partial charge is 0.493 e. The molecule has 0 saturated heterocycles. The van der Waals surface area contributed by atoms with E-state index in [1.807, 2.05) is 60.7 Å². The van der Waals surface area contributed by atoms with E-state index < -0.39 is 0 Å². The predicted octanol–water partition coefficient (Wildman–Crippen LogP) is 5.46. The molecule has 5 rings (SSSR count). The van der Waals surface area contributed by atoms with Crippen molar-refractivity contribution in [1.29, 1.82) is 0 Å². The van der Waals surface area contributed by atoms with Crippen LogP contribution in [-0.2, 0) is 18.4 Å². The number of carbonyl (C=O) groups is 1. The van der Waals surface area contributed by atoms with Crippen LogP contribution < -0.4 is 10.9 Å². The van der Waals surface area contributed by atoms with Gasteiger partial charge in [0, 0.05) is 37.4 Å². The number of carbonyl (C=O) groups excluding carboxylic acids is 1. The number of benzene rings is 2. The Morgan fingerprint density at radius 2 is 1.89 bits per heavy atom. The standard InChI is InChI=1S/C27H25N5O3S2/c1-17-24(26(35)32(30(17)2)19-9-4-3-5-10-19)29-23(33)13-8-14-31-25(34)22(37-27(31)36)15-18-16-28-21-12-7-6-11-20(18)21/h3-7,9-12,15-16,34H,8,13-14H2,1-2H3,(H,29,33)/b18-15+. The molecule has 1 aliphatic rings. The molecule has 37 heavy (non-hydrogen) atoms. The van der Waals surface area contributed by atoms with Gasteiger partial charge in [0.15, 0.2) is 3.95 Å². The number of thiazole rings is 1. The molecule has 2 aromatic heterocycles. The summed E-state index contributed by atoms with van der Waals surface area (Å²) < 4.78 is 5.41. The summed E-state index contributed by atoms with van der Waals surface area (Å²) in [5.41, 5.74) is 4.17. The van der Waals surface area contributed by atoms with Gasteiger partial charge in [-0.3, -0.25) is 23.8 Å². The van der Waals surface area contributed by atoms with Gasteiger partial charge in [0.05, 0.1) is 21.9 Å². The molecular formula is C27H25N5O3S2. The van der Waals surface area contributed by atoms with Crippen molar-refractivity contribution >= 4 is 58.7 Å². The molecule has 2 N–H and O–H groups in total. The molecule has 0 bridgehead atoms. The van der Waals surface area contributed by atoms with Gasteiger partial charge in [0.25, 0.3) is 5.56 Å². The first-order valence-electron chi connectivity index (χ1n) is 11.8. The lowest BCUT2D eigenvalue weighted by atomic mass is 10.1. The Hall–Kier alpha value is -4.02. The highest BCUT2D eigenvalue weighted by Gasteiger charge is 2.19. The molecule has 188 valence electrons. The molecule has 10 heteroatoms. The summed E-state index contributed by atoms with van der Waals surface area (Å²) >= 11 is 6.78. The highest BCUT2D eigenvalue weighted by Crippen LogP contribution is 2.35. The molecule has 0 atom stereocenters. The first-order chi connectivity index (χ1) is 17.8. The summed E-state index contributed by atoms with van der Waals surface area (Å²) in [6, 6.07) is 17.1. The van der Waals surface area contributed by atoms with Crippen molar-refractivity contribution < 1.29 is 9.90 Å². The molecule has 0 spiro atoms. The number of aliphatic imine (C=N–C) groups is 1. The second-order valence-corrected chi connectivity index (χ2v) is 10.3. The number of rotatable bonds is 7. The van der Waals surface area contributed by atoms with Gasteiger partial charge in [0.1, 0.15) is 5.69 Å². The lowest BCUT2D eigenvalue weighted by molar-refractivity contribution is -0.116. The van der Waals surface area contributed by atoms with Crippen LogP contribution in [0.4, 0.5) is 11.4 Å². The number of allylic oxidation sites excluding steroid dienone is 1. The summed E-state index contributed by atoms with van der Waals surface area (Å²) in [6.45, 7) is 2.17. The number of amides is 1. The maximum absolute atomic E-state index is 13.0. The third kappa shape index (κ3) is 4.73. The molecule has 0 saturated carbocycles. The van der Waals surface area contributed by atoms with Gasteiger partial charge in [0.2, 0.25) is 11.8 Å². The second-order valence-electron chi connectivity index (χ2n) is 8.67. The molecule has 4 aromatic rings. The van der Waals surface area contributed by atoms with Crippen LogP contribution in [0.15, 0.2) is 64.4 Å². The van der Waals surface area contributed by atoms with Gasteiger partial charge in [-0.15, -0.1) is 11.3 Å². The average Bonchev–Trinajstić information content (AvgIpc) is 3.49. The SMILES string of the molecule is Cc1c(NC(=O)CCCn2c(O)c(/C=C3\C=Nc4ccccc43)sc2=S)c(=O)n(-c2ccccc2)n1C. The van der Waals surface area contributed by atoms with Crippen molar-refractivity contribution in [3.05, 3.63) is 85.0 Å². The summed E-state index contributed by atoms with van der Waals surface area (Å²) in [6.07, 6.45) is 4.28. The number of anilines is 1. The van der Waals surface area contributed by atoms with Crippen molar-refractivity contribution in [3.8, 4) is 11.6 Å². The minimum absolute atomic E-state index is 0.0744. The minimum Gasteiger partial charge on any atom is -0.493 e. The third-order valence-electron chi connectivity index (χ3n) is 6.34. The zero-order chi connectivity index (χ0) is 26.1. The molecule has 1 amide bonds. The molecule has 1 aliphatic heterocycles. The normalized spacial score (nSPS) is 13.3. The van der Waals surface area contributed by atoms with Crippen LogP contribution in [-0.4, -0.2) is 31.2 Å². The van der Waals surface area contributed by atoms with E-state index >= 15 is 0 Å². The number of fused-ring (bicyclic) bond motifs is 1. The lowest BCUT2D eigenvalue weighted by Gasteiger charge is -2.07. The van der Waals surface area contributed by atoms with Crippen LogP contribution in [0.1, 0.15) is 29.0 Å². The van der Waals surface area contributed by atoms with Crippen LogP contribution >= 0.6 is 23.6 Å². The van der Waals surface area contributed by atoms with Crippen molar-refractivity contribution in [3.63, 3.8) is 0 Å². The smallest absolute Gasteiger partial charge is 0.295 e. The molecule has 0 unspecified atom stereocenters. The summed E-state index contributed by atoms with van der Waals surface area (Å²) in [5.74, 6) is -0.196. The van der Waals surface area contributed by atoms with Crippen molar-refractivity contribution in [1.82, 2.24) is 13.9 Å². The van der Waals surface area contributed by atoms with Gasteiger partial charge in [-0.25, -0.2) is 4.68 Å². The number of aromatic hydroxyl groups is 1. The number of nitrogens with zero attached hydrogens (tertiary/aromatic N) is 4. The van der Waals surface area contributed by atoms with Gasteiger partial charge < -0.3 is 10.4 Å². The fourth-order valence-electron chi connectivity index (χ4n) is 4.31. The van der Waals surface area contributed by atoms with Crippen molar-refractivity contribution in [2.75, 3.05) is 5.32 Å². The van der Waals surface area contributed by atoms with Crippen LogP contribution in [0.2, 0.25) is 0 Å². The molecule has 0 aliphatic carbocycles. The molecule has 0 fully saturated rings. The lowest BCUT2D eigenvalue weighted by Crippen LogP contribution is -2.23. The molecular weight excluding hydrogens is 506 g/mol. The van der Waals surface area contributed by atoms with E-state index in [1.54, 1.807) is 29.4 Å². The zero-order valence-corrected chi connectivity index (χ0v) is 22.0. The zero-order valence-electron chi connectivity index (χ0n) is 20.3. The summed E-state index contributed by atoms with van der Waals surface area (Å²) in [4.78, 5) is 30.8. The Labute approximate surface area is 222 Å². The Bertz CT molecular complexity index is 1670. The van der Waals surface area contributed by atoms with E-state index in [-0.39, 0.29) is 29.5 Å². The van der Waals surface area contributed by atoms with Crippen molar-refractivity contribution in [2.24, 2.45) is 12.0 Å². The van der Waals surface area contributed by atoms with Crippen LogP contribution in [0.3, 0.4) is 0 Å². The quantitative estimate of drug-likeness (QED) is 0.310. The highest BCUT2D eigenvalue weighted by molar-refractivity contribution is 7.73. The van der Waals surface area contributed by atoms with E-state index in [4.69, 9.17) is 12.2 Å². The Morgan fingerprint density at radius 3 is 2.68 bits per heavy atom. The highest BCUT2D eigenvalue weighted by atomic mass is 32.1. The number of aromatic nitrogens is 3. The number of nitrogens with one attached hydrogen (secondary N) is 1. The average molecular weight is 532 g/mol. The molecule has 3 heterocycles. The monoisotopic (exact) mass is 531 g/mol. The number of para-hydroxylation sites is 2. The molecule has 8 nitrogen and oxygen atoms in total. The van der Waals surface area contributed by atoms with Gasteiger partial charge >= 0.3 is 0 Å². The van der Waals surface area contributed by atoms with E-state index in [0.717, 1.165) is 22.5 Å². The number of hydrogen-bond acceptors (Lipinski definition) is 6. The third-order valence-corrected chi connectivity index (χ3v) is 7.73. The first kappa shape index (κ1) is 24.7. The minimum atomic E-state index is -0.285. The fraction of sp³-hybridized carbons (Fsp3) is 0.185. The predicted molar refractivity (Wildman–Crippen MR) is 151 cm³/mol. The first-order valence-corrected chi connectivity index (χ1v) is 13.0. The second kappa shape index (κ2) is 10.2. The Balaban J connectivity index is 1.26. The topological polar surface area (TPSA) is 93.6 Å².